The summed E-state index contributed by atoms with van der Waals surface area (Å²) in [4.78, 5) is 31.4. The molecule has 0 fully saturated rings. The summed E-state index contributed by atoms with van der Waals surface area (Å²) in [6.45, 7) is 3.95. The van der Waals surface area contributed by atoms with Crippen LogP contribution in [0.1, 0.15) is 25.6 Å². The molecule has 130 valence electrons. The van der Waals surface area contributed by atoms with Crippen LogP contribution in [0.15, 0.2) is 58.1 Å². The van der Waals surface area contributed by atoms with E-state index < -0.39 is 0 Å². The van der Waals surface area contributed by atoms with Gasteiger partial charge in [0.1, 0.15) is 16.0 Å². The number of hydrogen-bond donors (Lipinski definition) is 0. The second-order valence-corrected chi connectivity index (χ2v) is 7.82. The van der Waals surface area contributed by atoms with Gasteiger partial charge in [-0.05, 0) is 36.4 Å². The zero-order valence-electron chi connectivity index (χ0n) is 14.2. The van der Waals surface area contributed by atoms with Crippen molar-refractivity contribution in [2.75, 3.05) is 0 Å². The van der Waals surface area contributed by atoms with Crippen LogP contribution < -0.4 is 11.0 Å². The van der Waals surface area contributed by atoms with Crippen LogP contribution in [0.4, 0.5) is 0 Å². The third-order valence-electron chi connectivity index (χ3n) is 4.24. The van der Waals surface area contributed by atoms with E-state index >= 15 is 0 Å². The van der Waals surface area contributed by atoms with Crippen LogP contribution in [0.5, 0.6) is 0 Å². The molecule has 4 rings (SSSR count). The Hall–Kier alpha value is -2.50. The van der Waals surface area contributed by atoms with Gasteiger partial charge in [-0.3, -0.25) is 14.2 Å². The highest BCUT2D eigenvalue weighted by molar-refractivity contribution is 7.24. The molecule has 0 amide bonds. The van der Waals surface area contributed by atoms with Gasteiger partial charge in [-0.2, -0.15) is 0 Å². The Morgan fingerprint density at radius 3 is 2.42 bits per heavy atom. The van der Waals surface area contributed by atoms with E-state index in [4.69, 9.17) is 16.6 Å². The van der Waals surface area contributed by atoms with Gasteiger partial charge in [0.2, 0.25) is 5.43 Å². The molecular weight excluding hydrogens is 368 g/mol. The second kappa shape index (κ2) is 6.34. The normalized spacial score (nSPS) is 11.5. The largest absolute Gasteiger partial charge is 0.288 e. The fraction of sp³-hybridized carbons (Fsp3) is 0.150. The number of halogens is 1. The molecule has 0 radical (unpaired) electrons. The molecule has 0 saturated heterocycles. The minimum atomic E-state index is -0.340. The molecule has 0 spiro atoms. The van der Waals surface area contributed by atoms with Crippen LogP contribution in [0, 0.1) is 0 Å². The summed E-state index contributed by atoms with van der Waals surface area (Å²) in [7, 11) is 0. The van der Waals surface area contributed by atoms with Crippen molar-refractivity contribution >= 4 is 43.2 Å². The lowest BCUT2D eigenvalue weighted by Crippen LogP contribution is -2.28. The van der Waals surface area contributed by atoms with Gasteiger partial charge in [0, 0.05) is 21.0 Å². The Kier molecular flexibility index (Phi) is 4.13. The molecule has 0 unspecified atom stereocenters. The number of benzene rings is 2. The number of aromatic nitrogens is 2. The van der Waals surface area contributed by atoms with Gasteiger partial charge in [-0.1, -0.05) is 37.6 Å². The fourth-order valence-electron chi connectivity index (χ4n) is 2.99. The van der Waals surface area contributed by atoms with Gasteiger partial charge < -0.3 is 0 Å². The van der Waals surface area contributed by atoms with Gasteiger partial charge in [0.15, 0.2) is 0 Å². The van der Waals surface area contributed by atoms with Crippen LogP contribution in [-0.4, -0.2) is 9.55 Å². The Labute approximate surface area is 158 Å². The van der Waals surface area contributed by atoms with Crippen LogP contribution in [-0.2, 0) is 0 Å². The van der Waals surface area contributed by atoms with Crippen LogP contribution in [0.2, 0.25) is 5.02 Å². The van der Waals surface area contributed by atoms with Crippen molar-refractivity contribution in [2.45, 2.75) is 19.8 Å². The van der Waals surface area contributed by atoms with Crippen molar-refractivity contribution in [1.29, 1.82) is 0 Å². The lowest BCUT2D eigenvalue weighted by atomic mass is 10.1. The summed E-state index contributed by atoms with van der Waals surface area (Å²) < 4.78 is 2.35. The SMILES string of the molecule is CC(C)c1nc2sc3ccccc3c(=O)c2c(=O)n1-c1ccc(Cl)cc1. The monoisotopic (exact) mass is 382 g/mol. The summed E-state index contributed by atoms with van der Waals surface area (Å²) in [5.41, 5.74) is 0.0351. The lowest BCUT2D eigenvalue weighted by Gasteiger charge is -2.16. The highest BCUT2D eigenvalue weighted by Gasteiger charge is 2.19. The number of fused-ring (bicyclic) bond motifs is 2. The smallest absolute Gasteiger partial charge is 0.270 e. The summed E-state index contributed by atoms with van der Waals surface area (Å²) in [6, 6.07) is 14.3. The Morgan fingerprint density at radius 2 is 1.73 bits per heavy atom. The van der Waals surface area contributed by atoms with E-state index in [0.717, 1.165) is 4.70 Å². The van der Waals surface area contributed by atoms with Gasteiger partial charge in [0.05, 0.1) is 5.69 Å². The van der Waals surface area contributed by atoms with E-state index in [-0.39, 0.29) is 22.3 Å². The van der Waals surface area contributed by atoms with E-state index in [2.05, 4.69) is 0 Å². The van der Waals surface area contributed by atoms with Crippen LogP contribution in [0.3, 0.4) is 0 Å². The number of hydrogen-bond acceptors (Lipinski definition) is 4. The van der Waals surface area contributed by atoms with Crippen molar-refractivity contribution in [2.24, 2.45) is 0 Å². The van der Waals surface area contributed by atoms with E-state index in [1.807, 2.05) is 26.0 Å². The van der Waals surface area contributed by atoms with Gasteiger partial charge in [-0.15, -0.1) is 11.3 Å². The van der Waals surface area contributed by atoms with Gasteiger partial charge >= 0.3 is 0 Å². The average Bonchev–Trinajstić information content (AvgIpc) is 2.62. The molecule has 2 aromatic carbocycles. The molecular formula is C20H15ClN2O2S. The topological polar surface area (TPSA) is 52.0 Å². The third-order valence-corrected chi connectivity index (χ3v) is 5.56. The predicted octanol–water partition coefficient (Wildman–Crippen LogP) is 4.74. The van der Waals surface area contributed by atoms with Gasteiger partial charge in [-0.25, -0.2) is 4.98 Å². The second-order valence-electron chi connectivity index (χ2n) is 6.35. The van der Waals surface area contributed by atoms with Crippen molar-refractivity contribution in [3.8, 4) is 5.69 Å². The summed E-state index contributed by atoms with van der Waals surface area (Å²) >= 11 is 7.35. The molecule has 0 aliphatic heterocycles. The lowest BCUT2D eigenvalue weighted by molar-refractivity contribution is 0.724. The van der Waals surface area contributed by atoms with E-state index in [9.17, 15) is 9.59 Å². The summed E-state index contributed by atoms with van der Waals surface area (Å²) in [6.07, 6.45) is 0. The zero-order valence-corrected chi connectivity index (χ0v) is 15.8. The first-order chi connectivity index (χ1) is 12.5. The first kappa shape index (κ1) is 16.9. The molecule has 26 heavy (non-hydrogen) atoms. The predicted molar refractivity (Wildman–Crippen MR) is 108 cm³/mol. The van der Waals surface area contributed by atoms with Crippen molar-refractivity contribution < 1.29 is 0 Å². The maximum absolute atomic E-state index is 13.3. The minimum absolute atomic E-state index is 0.0107. The Bertz CT molecular complexity index is 1260. The molecule has 2 aromatic heterocycles. The van der Waals surface area contributed by atoms with Gasteiger partial charge in [0.25, 0.3) is 5.56 Å². The Balaban J connectivity index is 2.19. The molecule has 0 aliphatic rings. The Morgan fingerprint density at radius 1 is 1.04 bits per heavy atom. The molecule has 4 aromatic rings. The standard InChI is InChI=1S/C20H15ClN2O2S/c1-11(2)18-22-19-16(17(24)14-5-3-4-6-15(14)26-19)20(25)23(18)13-9-7-12(21)8-10-13/h3-11H,1-2H3. The first-order valence-corrected chi connectivity index (χ1v) is 9.41. The molecule has 0 bridgehead atoms. The molecule has 6 heteroatoms. The first-order valence-electron chi connectivity index (χ1n) is 8.22. The van der Waals surface area contributed by atoms with Crippen molar-refractivity contribution in [3.05, 3.63) is 80.0 Å². The van der Waals surface area contributed by atoms with Crippen LogP contribution >= 0.6 is 22.9 Å². The molecule has 0 aliphatic carbocycles. The van der Waals surface area contributed by atoms with E-state index in [1.165, 1.54) is 15.9 Å². The van der Waals surface area contributed by atoms with E-state index in [1.54, 1.807) is 36.4 Å². The quantitative estimate of drug-likeness (QED) is 0.470. The van der Waals surface area contributed by atoms with Crippen LogP contribution in [0.25, 0.3) is 26.0 Å². The molecule has 0 atom stereocenters. The van der Waals surface area contributed by atoms with Crippen molar-refractivity contribution in [1.82, 2.24) is 9.55 Å². The zero-order chi connectivity index (χ0) is 18.4. The summed E-state index contributed by atoms with van der Waals surface area (Å²) in [5.74, 6) is 0.632. The van der Waals surface area contributed by atoms with Crippen molar-refractivity contribution in [3.63, 3.8) is 0 Å². The maximum atomic E-state index is 13.3. The maximum Gasteiger partial charge on any atom is 0.270 e. The number of nitrogens with zero attached hydrogens (tertiary/aromatic N) is 2. The third kappa shape index (κ3) is 2.64. The fourth-order valence-corrected chi connectivity index (χ4v) is 4.17. The average molecular weight is 383 g/mol. The minimum Gasteiger partial charge on any atom is -0.288 e. The highest BCUT2D eigenvalue weighted by atomic mass is 35.5. The summed E-state index contributed by atoms with van der Waals surface area (Å²) in [5, 5.41) is 1.26. The molecule has 4 nitrogen and oxygen atoms in total. The molecule has 0 N–H and O–H groups in total. The molecule has 2 heterocycles. The number of rotatable bonds is 2. The molecule has 0 saturated carbocycles. The highest BCUT2D eigenvalue weighted by Crippen LogP contribution is 2.25. The van der Waals surface area contributed by atoms with E-state index in [0.29, 0.717) is 26.8 Å².